The Labute approximate surface area is 39.9 Å². The highest BCUT2D eigenvalue weighted by Crippen LogP contribution is 1.69. The van der Waals surface area contributed by atoms with E-state index in [1.807, 2.05) is 0 Å². The molecular weight excluding hydrogens is 104 g/mol. The van der Waals surface area contributed by atoms with Crippen molar-refractivity contribution in [3.63, 3.8) is 0 Å². The summed E-state index contributed by atoms with van der Waals surface area (Å²) in [6.07, 6.45) is 0. The van der Waals surface area contributed by atoms with Gasteiger partial charge >= 0.3 is 0 Å². The van der Waals surface area contributed by atoms with Crippen LogP contribution in [0.1, 0.15) is 6.92 Å². The largest absolute Gasteiger partial charge is 0.212 e. The molecule has 0 fully saturated rings. The van der Waals surface area contributed by atoms with Crippen LogP contribution in [0, 0.1) is 0 Å². The van der Waals surface area contributed by atoms with Crippen LogP contribution in [0.4, 0.5) is 0 Å². The molecule has 0 aliphatic heterocycles. The topological polar surface area (TPSA) is 17.1 Å². The predicted molar refractivity (Wildman–Crippen MR) is 26.4 cm³/mol. The van der Waals surface area contributed by atoms with E-state index < -0.39 is 0 Å². The number of hydrogen-bond acceptors (Lipinski definition) is 1. The van der Waals surface area contributed by atoms with Crippen molar-refractivity contribution < 1.29 is 4.21 Å². The number of hydrogen-bond donors (Lipinski definition) is 0. The third kappa shape index (κ3) is 4.24. The van der Waals surface area contributed by atoms with Crippen molar-refractivity contribution in [2.45, 2.75) is 6.92 Å². The molecule has 0 aromatic carbocycles. The Kier molecular flexibility index (Phi) is 2.59. The lowest BCUT2D eigenvalue weighted by atomic mass is 11.0. The molecule has 0 aliphatic rings. The summed E-state index contributed by atoms with van der Waals surface area (Å²) in [5.41, 5.74) is 0. The molecule has 0 N–H and O–H groups in total. The highest BCUT2D eigenvalue weighted by atomic mass is 32.2. The zero-order valence-corrected chi connectivity index (χ0v) is 4.36. The van der Waals surface area contributed by atoms with E-state index in [-0.39, 0.29) is 0 Å². The van der Waals surface area contributed by atoms with Crippen LogP contribution >= 0.6 is 12.6 Å². The van der Waals surface area contributed by atoms with E-state index in [1.54, 1.807) is 6.92 Å². The fourth-order valence-electron chi connectivity index (χ4n) is 0. The van der Waals surface area contributed by atoms with Gasteiger partial charge < -0.3 is 0 Å². The van der Waals surface area contributed by atoms with Gasteiger partial charge in [-0.25, -0.2) is 4.21 Å². The first-order chi connectivity index (χ1) is 2.27. The minimum atomic E-state index is 0.361. The third-order valence-electron chi connectivity index (χ3n) is 0.117. The van der Waals surface area contributed by atoms with E-state index >= 15 is 0 Å². The van der Waals surface area contributed by atoms with Crippen molar-refractivity contribution >= 4 is 28.1 Å². The molecule has 29 valence electrons. The summed E-state index contributed by atoms with van der Waals surface area (Å²) in [5.74, 6) is 0. The smallest absolute Gasteiger partial charge is 0.0996 e. The number of rotatable bonds is 0. The molecule has 0 saturated carbocycles. The van der Waals surface area contributed by atoms with Crippen molar-refractivity contribution in [3.05, 3.63) is 0 Å². The Morgan fingerprint density at radius 3 is 2.20 bits per heavy atom. The molecule has 0 amide bonds. The van der Waals surface area contributed by atoms with Gasteiger partial charge in [-0.05, 0) is 19.6 Å². The SMILES string of the molecule is CC([S])=S=O. The van der Waals surface area contributed by atoms with Crippen LogP contribution in [-0.2, 0) is 11.3 Å². The van der Waals surface area contributed by atoms with Crippen molar-refractivity contribution in [3.8, 4) is 0 Å². The van der Waals surface area contributed by atoms with Gasteiger partial charge in [0.2, 0.25) is 0 Å². The van der Waals surface area contributed by atoms with Gasteiger partial charge in [-0.2, -0.15) is 0 Å². The second-order valence-electron chi connectivity index (χ2n) is 0.575. The van der Waals surface area contributed by atoms with Crippen LogP contribution < -0.4 is 0 Å². The van der Waals surface area contributed by atoms with Crippen LogP contribution in [0.2, 0.25) is 0 Å². The first kappa shape index (κ1) is 5.24. The maximum absolute atomic E-state index is 9.41. The Hall–Kier alpha value is 0.240. The quantitative estimate of drug-likeness (QED) is 0.413. The van der Waals surface area contributed by atoms with E-state index in [4.69, 9.17) is 0 Å². The van der Waals surface area contributed by atoms with E-state index in [0.29, 0.717) is 15.5 Å². The van der Waals surface area contributed by atoms with Gasteiger partial charge in [0.15, 0.2) is 0 Å². The van der Waals surface area contributed by atoms with E-state index in [2.05, 4.69) is 12.6 Å². The van der Waals surface area contributed by atoms with Gasteiger partial charge in [-0.1, -0.05) is 0 Å². The molecule has 0 spiro atoms. The standard InChI is InChI=1S/C2H3OS2/c1-2(4)5-3/h1H3. The Morgan fingerprint density at radius 2 is 2.20 bits per heavy atom. The Bertz CT molecular complexity index is 67.7. The van der Waals surface area contributed by atoms with Crippen molar-refractivity contribution in [2.24, 2.45) is 0 Å². The van der Waals surface area contributed by atoms with Crippen LogP contribution in [0.25, 0.3) is 0 Å². The second kappa shape index (κ2) is 2.48. The van der Waals surface area contributed by atoms with Crippen molar-refractivity contribution in [2.75, 3.05) is 0 Å². The van der Waals surface area contributed by atoms with Crippen LogP contribution in [0.15, 0.2) is 0 Å². The Morgan fingerprint density at radius 1 is 2.00 bits per heavy atom. The summed E-state index contributed by atoms with van der Waals surface area (Å²) >= 11 is 4.71. The van der Waals surface area contributed by atoms with Gasteiger partial charge in [-0.3, -0.25) is 0 Å². The molecule has 0 aromatic heterocycles. The molecule has 0 aromatic rings. The zero-order valence-electron chi connectivity index (χ0n) is 2.72. The molecule has 1 nitrogen and oxygen atoms in total. The molecule has 0 heterocycles. The molecule has 0 aliphatic carbocycles. The highest BCUT2D eigenvalue weighted by molar-refractivity contribution is 8.07. The summed E-state index contributed by atoms with van der Waals surface area (Å²) in [4.78, 5) is 0. The molecule has 0 rings (SSSR count). The average Bonchev–Trinajstić information content (AvgIpc) is 1.38. The van der Waals surface area contributed by atoms with Gasteiger partial charge in [0.1, 0.15) is 0 Å². The maximum atomic E-state index is 9.41. The lowest BCUT2D eigenvalue weighted by molar-refractivity contribution is 0.701. The van der Waals surface area contributed by atoms with Crippen LogP contribution in [0.3, 0.4) is 0 Å². The first-order valence-electron chi connectivity index (χ1n) is 1.07. The fraction of sp³-hybridized carbons (Fsp3) is 0.500. The summed E-state index contributed by atoms with van der Waals surface area (Å²) in [6.45, 7) is 1.60. The fourth-order valence-corrected chi connectivity index (χ4v) is 0. The van der Waals surface area contributed by atoms with E-state index in [1.165, 1.54) is 0 Å². The molecule has 0 unspecified atom stereocenters. The van der Waals surface area contributed by atoms with Crippen LogP contribution in [-0.4, -0.2) is 8.41 Å². The van der Waals surface area contributed by atoms with Gasteiger partial charge in [0.05, 0.1) is 15.5 Å². The zero-order chi connectivity index (χ0) is 4.28. The lowest BCUT2D eigenvalue weighted by Gasteiger charge is -1.58. The summed E-state index contributed by atoms with van der Waals surface area (Å²) in [7, 11) is 0. The molecular formula is C2H3OS2. The first-order valence-corrected chi connectivity index (χ1v) is 2.22. The summed E-state index contributed by atoms with van der Waals surface area (Å²) in [6, 6.07) is 0. The molecule has 0 bridgehead atoms. The highest BCUT2D eigenvalue weighted by Gasteiger charge is 1.66. The van der Waals surface area contributed by atoms with E-state index in [9.17, 15) is 4.21 Å². The lowest BCUT2D eigenvalue weighted by Crippen LogP contribution is -1.66. The molecule has 5 heavy (non-hydrogen) atoms. The molecule has 0 atom stereocenters. The van der Waals surface area contributed by atoms with Gasteiger partial charge in [0.25, 0.3) is 0 Å². The third-order valence-corrected chi connectivity index (χ3v) is 0.556. The molecule has 3 heteroatoms. The maximum Gasteiger partial charge on any atom is 0.0996 e. The second-order valence-corrected chi connectivity index (χ2v) is 2.22. The average molecular weight is 107 g/mol. The molecule has 0 saturated heterocycles. The monoisotopic (exact) mass is 107 g/mol. The predicted octanol–water partition coefficient (Wildman–Crippen LogP) is 0.547. The minimum absolute atomic E-state index is 0.361. The summed E-state index contributed by atoms with van der Waals surface area (Å²) < 4.78 is 9.85. The normalized spacial score (nSPS) is 6.80. The van der Waals surface area contributed by atoms with Crippen molar-refractivity contribution in [1.82, 2.24) is 0 Å². The van der Waals surface area contributed by atoms with Gasteiger partial charge in [-0.15, -0.1) is 0 Å². The minimum Gasteiger partial charge on any atom is -0.212 e. The Balaban J connectivity index is 3.60. The summed E-state index contributed by atoms with van der Waals surface area (Å²) in [5, 5.41) is 0. The van der Waals surface area contributed by atoms with E-state index in [0.717, 1.165) is 0 Å². The molecule has 1 radical (unpaired) electrons. The van der Waals surface area contributed by atoms with Crippen LogP contribution in [0.5, 0.6) is 0 Å². The van der Waals surface area contributed by atoms with Gasteiger partial charge in [0, 0.05) is 0 Å². The van der Waals surface area contributed by atoms with Crippen molar-refractivity contribution in [1.29, 1.82) is 0 Å².